The molecule has 0 spiro atoms. The molecule has 7 heteroatoms. The van der Waals surface area contributed by atoms with Gasteiger partial charge in [0.25, 0.3) is 5.56 Å². The molecule has 6 nitrogen and oxygen atoms in total. The predicted octanol–water partition coefficient (Wildman–Crippen LogP) is 1.80. The van der Waals surface area contributed by atoms with Crippen molar-refractivity contribution in [2.45, 2.75) is 44.6 Å². The van der Waals surface area contributed by atoms with E-state index in [2.05, 4.69) is 25.8 Å². The number of hydrogen-bond acceptors (Lipinski definition) is 5. The van der Waals surface area contributed by atoms with E-state index in [1.165, 1.54) is 0 Å². The van der Waals surface area contributed by atoms with Crippen LogP contribution < -0.4 is 5.56 Å². The zero-order chi connectivity index (χ0) is 19.1. The molecule has 2 bridgehead atoms. The molecule has 2 fully saturated rings. The maximum absolute atomic E-state index is 13.5. The van der Waals surface area contributed by atoms with Crippen LogP contribution >= 0.6 is 0 Å². The van der Waals surface area contributed by atoms with Crippen molar-refractivity contribution in [3.8, 4) is 0 Å². The highest BCUT2D eigenvalue weighted by molar-refractivity contribution is 5.22. The molecule has 0 amide bonds. The van der Waals surface area contributed by atoms with Crippen molar-refractivity contribution >= 4 is 0 Å². The van der Waals surface area contributed by atoms with Gasteiger partial charge in [-0.1, -0.05) is 6.07 Å². The van der Waals surface area contributed by atoms with Crippen molar-refractivity contribution in [1.29, 1.82) is 0 Å². The highest BCUT2D eigenvalue weighted by Gasteiger charge is 2.35. The van der Waals surface area contributed by atoms with E-state index in [9.17, 15) is 9.18 Å². The van der Waals surface area contributed by atoms with Gasteiger partial charge in [0.15, 0.2) is 0 Å². The fourth-order valence-electron chi connectivity index (χ4n) is 5.18. The third kappa shape index (κ3) is 3.49. The first-order valence-electron chi connectivity index (χ1n) is 10.2. The zero-order valence-electron chi connectivity index (χ0n) is 16.0. The summed E-state index contributed by atoms with van der Waals surface area (Å²) < 4.78 is 15.5. The molecule has 0 aliphatic carbocycles. The van der Waals surface area contributed by atoms with E-state index < -0.39 is 6.17 Å². The Bertz CT molecular complexity index is 901. The number of fused-ring (bicyclic) bond motifs is 4. The highest BCUT2D eigenvalue weighted by Crippen LogP contribution is 2.35. The number of pyridine rings is 1. The summed E-state index contributed by atoms with van der Waals surface area (Å²) in [6.45, 7) is 5.35. The van der Waals surface area contributed by atoms with Crippen molar-refractivity contribution in [1.82, 2.24) is 24.3 Å². The number of nitrogens with zero attached hydrogens (tertiary/aromatic N) is 5. The number of piperidine rings is 1. The third-order valence-corrected chi connectivity index (χ3v) is 6.39. The summed E-state index contributed by atoms with van der Waals surface area (Å²) in [7, 11) is 0. The summed E-state index contributed by atoms with van der Waals surface area (Å²) in [6, 6.07) is 4.11. The van der Waals surface area contributed by atoms with Crippen molar-refractivity contribution in [3.05, 3.63) is 58.0 Å². The Morgan fingerprint density at radius 3 is 2.68 bits per heavy atom. The number of hydrogen-bond donors (Lipinski definition) is 0. The standard InChI is InChI=1S/C21H26FN5O/c22-19-3-4-25(13-19)11-17-1-2-20-18-5-15(10-27(20)21(17)28)8-26(12-18)9-16-6-23-14-24-7-16/h1-2,6-7,14-15,18-19H,3-5,8-13H2/t15-,18+,19+/m0/s1. The first-order valence-corrected chi connectivity index (χ1v) is 10.2. The molecule has 0 N–H and O–H groups in total. The van der Waals surface area contributed by atoms with Crippen molar-refractivity contribution in [2.24, 2.45) is 5.92 Å². The minimum atomic E-state index is -0.749. The van der Waals surface area contributed by atoms with E-state index in [-0.39, 0.29) is 5.56 Å². The number of aromatic nitrogens is 3. The fraction of sp³-hybridized carbons (Fsp3) is 0.571. The largest absolute Gasteiger partial charge is 0.312 e. The Morgan fingerprint density at radius 1 is 1.04 bits per heavy atom. The van der Waals surface area contributed by atoms with Gasteiger partial charge in [-0.05, 0) is 24.8 Å². The molecule has 0 saturated carbocycles. The van der Waals surface area contributed by atoms with Gasteiger partial charge in [0.1, 0.15) is 12.5 Å². The molecule has 148 valence electrons. The van der Waals surface area contributed by atoms with Crippen LogP contribution in [0.15, 0.2) is 35.6 Å². The first-order chi connectivity index (χ1) is 13.7. The average molecular weight is 383 g/mol. The number of alkyl halides is 1. The Morgan fingerprint density at radius 2 is 1.89 bits per heavy atom. The minimum Gasteiger partial charge on any atom is -0.312 e. The first kappa shape index (κ1) is 17.9. The van der Waals surface area contributed by atoms with Crippen LogP contribution in [0.2, 0.25) is 0 Å². The molecule has 3 aliphatic heterocycles. The molecule has 3 aliphatic rings. The molecule has 0 radical (unpaired) electrons. The summed E-state index contributed by atoms with van der Waals surface area (Å²) in [4.78, 5) is 25.9. The lowest BCUT2D eigenvalue weighted by atomic mass is 9.83. The summed E-state index contributed by atoms with van der Waals surface area (Å²) >= 11 is 0. The van der Waals surface area contributed by atoms with Gasteiger partial charge >= 0.3 is 0 Å². The van der Waals surface area contributed by atoms with Gasteiger partial charge < -0.3 is 4.57 Å². The van der Waals surface area contributed by atoms with Crippen LogP contribution in [0, 0.1) is 5.92 Å². The van der Waals surface area contributed by atoms with Crippen LogP contribution in [-0.2, 0) is 19.6 Å². The van der Waals surface area contributed by atoms with Gasteiger partial charge in [-0.15, -0.1) is 0 Å². The number of halogens is 1. The maximum atomic E-state index is 13.5. The van der Waals surface area contributed by atoms with Crippen LogP contribution in [0.1, 0.15) is 35.6 Å². The SMILES string of the molecule is O=c1c(CN2CC[C@@H](F)C2)ccc2n1C[C@H]1C[C@@H]2CN(Cc2cncnc2)C1. The third-order valence-electron chi connectivity index (χ3n) is 6.39. The van der Waals surface area contributed by atoms with Gasteiger partial charge in [-0.25, -0.2) is 14.4 Å². The van der Waals surface area contributed by atoms with E-state index >= 15 is 0 Å². The Hall–Kier alpha value is -2.12. The van der Waals surface area contributed by atoms with Gasteiger partial charge in [0.05, 0.1) is 0 Å². The second-order valence-electron chi connectivity index (χ2n) is 8.56. The summed E-state index contributed by atoms with van der Waals surface area (Å²) in [5.74, 6) is 0.881. The summed E-state index contributed by atoms with van der Waals surface area (Å²) in [5.41, 5.74) is 3.21. The summed E-state index contributed by atoms with van der Waals surface area (Å²) in [6.07, 6.45) is 6.30. The molecule has 3 atom stereocenters. The Labute approximate surface area is 164 Å². The van der Waals surface area contributed by atoms with E-state index in [1.54, 1.807) is 6.33 Å². The van der Waals surface area contributed by atoms with Crippen LogP contribution in [0.5, 0.6) is 0 Å². The minimum absolute atomic E-state index is 0.124. The number of rotatable bonds is 4. The van der Waals surface area contributed by atoms with E-state index in [1.807, 2.05) is 23.0 Å². The van der Waals surface area contributed by atoms with Gasteiger partial charge in [-0.2, -0.15) is 0 Å². The van der Waals surface area contributed by atoms with Gasteiger partial charge in [-0.3, -0.25) is 14.6 Å². The van der Waals surface area contributed by atoms with Crippen LogP contribution in [0.4, 0.5) is 4.39 Å². The van der Waals surface area contributed by atoms with Crippen LogP contribution in [0.25, 0.3) is 0 Å². The molecule has 5 rings (SSSR count). The molecule has 5 heterocycles. The molecular formula is C21H26FN5O. The maximum Gasteiger partial charge on any atom is 0.255 e. The fourth-order valence-corrected chi connectivity index (χ4v) is 5.18. The van der Waals surface area contributed by atoms with E-state index in [0.29, 0.717) is 31.3 Å². The Balaban J connectivity index is 1.34. The topological polar surface area (TPSA) is 54.3 Å². The zero-order valence-corrected chi connectivity index (χ0v) is 16.0. The highest BCUT2D eigenvalue weighted by atomic mass is 19.1. The lowest BCUT2D eigenvalue weighted by Gasteiger charge is -2.43. The molecule has 0 unspecified atom stereocenters. The van der Waals surface area contributed by atoms with E-state index in [0.717, 1.165) is 56.0 Å². The quantitative estimate of drug-likeness (QED) is 0.806. The van der Waals surface area contributed by atoms with Crippen LogP contribution in [0.3, 0.4) is 0 Å². The lowest BCUT2D eigenvalue weighted by molar-refractivity contribution is 0.114. The normalized spacial score (nSPS) is 27.7. The second-order valence-corrected chi connectivity index (χ2v) is 8.56. The predicted molar refractivity (Wildman–Crippen MR) is 104 cm³/mol. The van der Waals surface area contributed by atoms with Crippen LogP contribution in [-0.4, -0.2) is 56.7 Å². The average Bonchev–Trinajstić information content (AvgIpc) is 3.10. The molecule has 0 aromatic carbocycles. The molecule has 28 heavy (non-hydrogen) atoms. The summed E-state index contributed by atoms with van der Waals surface area (Å²) in [5, 5.41) is 0. The monoisotopic (exact) mass is 383 g/mol. The van der Waals surface area contributed by atoms with Gasteiger partial charge in [0.2, 0.25) is 0 Å². The van der Waals surface area contributed by atoms with Gasteiger partial charge in [0, 0.05) is 80.9 Å². The number of likely N-dealkylation sites (tertiary alicyclic amines) is 2. The second kappa shape index (κ2) is 7.37. The molecule has 2 saturated heterocycles. The Kier molecular flexibility index (Phi) is 4.72. The smallest absolute Gasteiger partial charge is 0.255 e. The molecular weight excluding hydrogens is 357 g/mol. The van der Waals surface area contributed by atoms with E-state index in [4.69, 9.17) is 0 Å². The molecule has 2 aromatic heterocycles. The van der Waals surface area contributed by atoms with Crippen molar-refractivity contribution in [2.75, 3.05) is 26.2 Å². The van der Waals surface area contributed by atoms with Crippen molar-refractivity contribution < 1.29 is 4.39 Å². The van der Waals surface area contributed by atoms with Crippen molar-refractivity contribution in [3.63, 3.8) is 0 Å². The molecule has 2 aromatic rings. The lowest BCUT2D eigenvalue weighted by Crippen LogP contribution is -2.47.